The van der Waals surface area contributed by atoms with Crippen molar-refractivity contribution in [1.29, 1.82) is 0 Å². The lowest BCUT2D eigenvalue weighted by Gasteiger charge is -2.19. The summed E-state index contributed by atoms with van der Waals surface area (Å²) >= 11 is 5.89. The third-order valence-corrected chi connectivity index (χ3v) is 2.69. The minimum atomic E-state index is -0.435. The monoisotopic (exact) mass is 258 g/mol. The number of hydrogen-bond acceptors (Lipinski definition) is 2. The third-order valence-electron chi connectivity index (χ3n) is 2.36. The van der Waals surface area contributed by atoms with Crippen molar-refractivity contribution in [2.24, 2.45) is 5.41 Å². The van der Waals surface area contributed by atoms with E-state index in [1.165, 1.54) is 4.57 Å². The molecule has 1 rings (SSSR count). The maximum Gasteiger partial charge on any atom is 0.329 e. The quantitative estimate of drug-likeness (QED) is 0.845. The molecule has 0 aromatic carbocycles. The molecule has 17 heavy (non-hydrogen) atoms. The van der Waals surface area contributed by atoms with Crippen LogP contribution in [0.1, 0.15) is 39.7 Å². The molecule has 0 amide bonds. The molecule has 1 heterocycles. The van der Waals surface area contributed by atoms with Crippen LogP contribution in [-0.2, 0) is 13.0 Å². The van der Waals surface area contributed by atoms with Crippen LogP contribution in [0.3, 0.4) is 0 Å². The second kappa shape index (κ2) is 5.08. The minimum absolute atomic E-state index is 0.131. The van der Waals surface area contributed by atoms with E-state index in [1.54, 1.807) is 0 Å². The van der Waals surface area contributed by atoms with Gasteiger partial charge in [-0.1, -0.05) is 45.7 Å². The summed E-state index contributed by atoms with van der Waals surface area (Å²) in [5.41, 5.74) is -0.336. The Morgan fingerprint density at radius 1 is 1.29 bits per heavy atom. The third kappa shape index (κ3) is 3.46. The van der Waals surface area contributed by atoms with Crippen LogP contribution in [-0.4, -0.2) is 9.55 Å². The maximum atomic E-state index is 12.1. The van der Waals surface area contributed by atoms with Gasteiger partial charge in [-0.05, 0) is 11.8 Å². The lowest BCUT2D eigenvalue weighted by molar-refractivity contribution is 0.329. The van der Waals surface area contributed by atoms with Gasteiger partial charge in [-0.15, -0.1) is 0 Å². The van der Waals surface area contributed by atoms with Crippen molar-refractivity contribution >= 4 is 11.6 Å². The number of aromatic amines is 1. The number of H-pyrrole nitrogens is 1. The summed E-state index contributed by atoms with van der Waals surface area (Å²) < 4.78 is 1.23. The number of halogens is 1. The van der Waals surface area contributed by atoms with Gasteiger partial charge in [0, 0.05) is 6.54 Å². The van der Waals surface area contributed by atoms with Crippen LogP contribution in [0.5, 0.6) is 0 Å². The summed E-state index contributed by atoms with van der Waals surface area (Å²) in [5, 5.41) is 0.173. The summed E-state index contributed by atoms with van der Waals surface area (Å²) in [4.78, 5) is 26.4. The molecule has 0 atom stereocenters. The van der Waals surface area contributed by atoms with Gasteiger partial charge in [0.05, 0.1) is 5.56 Å². The molecule has 5 heteroatoms. The van der Waals surface area contributed by atoms with Gasteiger partial charge in [-0.25, -0.2) is 4.79 Å². The Labute approximate surface area is 106 Å². The summed E-state index contributed by atoms with van der Waals surface area (Å²) in [6.45, 7) is 8.29. The fraction of sp³-hybridized carbons (Fsp3) is 0.667. The van der Waals surface area contributed by atoms with Crippen LogP contribution < -0.4 is 11.2 Å². The Balaban J connectivity index is 3.36. The van der Waals surface area contributed by atoms with Gasteiger partial charge in [-0.2, -0.15) is 0 Å². The van der Waals surface area contributed by atoms with Gasteiger partial charge < -0.3 is 0 Å². The Morgan fingerprint density at radius 3 is 2.35 bits per heavy atom. The lowest BCUT2D eigenvalue weighted by atomic mass is 9.97. The first kappa shape index (κ1) is 14.0. The van der Waals surface area contributed by atoms with E-state index in [4.69, 9.17) is 11.6 Å². The molecule has 4 nitrogen and oxygen atoms in total. The van der Waals surface area contributed by atoms with Crippen molar-refractivity contribution in [3.8, 4) is 0 Å². The summed E-state index contributed by atoms with van der Waals surface area (Å²) in [5.74, 6) is 0. The number of hydrogen-bond donors (Lipinski definition) is 1. The fourth-order valence-electron chi connectivity index (χ4n) is 1.67. The number of nitrogens with zero attached hydrogens (tertiary/aromatic N) is 1. The van der Waals surface area contributed by atoms with Crippen molar-refractivity contribution in [2.45, 2.75) is 47.1 Å². The second-order valence-corrected chi connectivity index (χ2v) is 5.80. The predicted molar refractivity (Wildman–Crippen MR) is 69.8 cm³/mol. The Kier molecular flexibility index (Phi) is 4.20. The predicted octanol–water partition coefficient (Wildman–Crippen LogP) is 2.19. The molecule has 0 radical (unpaired) electrons. The molecule has 1 N–H and O–H groups in total. The van der Waals surface area contributed by atoms with E-state index in [0.29, 0.717) is 18.5 Å². The van der Waals surface area contributed by atoms with Crippen LogP contribution in [0.2, 0.25) is 5.15 Å². The summed E-state index contributed by atoms with van der Waals surface area (Å²) in [6, 6.07) is 0. The van der Waals surface area contributed by atoms with Crippen LogP contribution >= 0.6 is 11.6 Å². The van der Waals surface area contributed by atoms with Gasteiger partial charge in [0.25, 0.3) is 5.56 Å². The van der Waals surface area contributed by atoms with Gasteiger partial charge in [-0.3, -0.25) is 14.3 Å². The molecule has 0 aliphatic rings. The summed E-state index contributed by atoms with van der Waals surface area (Å²) in [6.07, 6.45) is 1.40. The molecule has 0 aliphatic heterocycles. The SMILES string of the molecule is CCCc1c(Cl)[nH]c(=O)n(CC(C)(C)C)c1=O. The Morgan fingerprint density at radius 2 is 1.88 bits per heavy atom. The highest BCUT2D eigenvalue weighted by molar-refractivity contribution is 6.30. The van der Waals surface area contributed by atoms with Crippen molar-refractivity contribution in [3.05, 3.63) is 31.6 Å². The Hall–Kier alpha value is -1.03. The standard InChI is InChI=1S/C12H19ClN2O2/c1-5-6-8-9(13)14-11(17)15(10(8)16)7-12(2,3)4/h5-7H2,1-4H3,(H,14,17). The van der Waals surface area contributed by atoms with Crippen LogP contribution in [0.25, 0.3) is 0 Å². The van der Waals surface area contributed by atoms with Crippen molar-refractivity contribution in [2.75, 3.05) is 0 Å². The van der Waals surface area contributed by atoms with E-state index in [1.807, 2.05) is 27.7 Å². The van der Waals surface area contributed by atoms with Gasteiger partial charge in [0.15, 0.2) is 0 Å². The molecule has 0 bridgehead atoms. The molecular weight excluding hydrogens is 240 g/mol. The molecule has 0 saturated carbocycles. The van der Waals surface area contributed by atoms with Gasteiger partial charge >= 0.3 is 5.69 Å². The number of aromatic nitrogens is 2. The molecule has 1 aromatic heterocycles. The first-order valence-corrected chi connectivity index (χ1v) is 6.15. The van der Waals surface area contributed by atoms with Crippen LogP contribution in [0.4, 0.5) is 0 Å². The van der Waals surface area contributed by atoms with E-state index in [2.05, 4.69) is 4.98 Å². The molecular formula is C12H19ClN2O2. The second-order valence-electron chi connectivity index (χ2n) is 5.42. The summed E-state index contributed by atoms with van der Waals surface area (Å²) in [7, 11) is 0. The highest BCUT2D eigenvalue weighted by Crippen LogP contribution is 2.15. The smallest absolute Gasteiger partial charge is 0.297 e. The van der Waals surface area contributed by atoms with Crippen LogP contribution in [0.15, 0.2) is 9.59 Å². The average molecular weight is 259 g/mol. The highest BCUT2D eigenvalue weighted by atomic mass is 35.5. The zero-order chi connectivity index (χ0) is 13.2. The topological polar surface area (TPSA) is 54.9 Å². The van der Waals surface area contributed by atoms with Crippen LogP contribution in [0, 0.1) is 5.41 Å². The van der Waals surface area contributed by atoms with Crippen molar-refractivity contribution < 1.29 is 0 Å². The van der Waals surface area contributed by atoms with E-state index in [0.717, 1.165) is 6.42 Å². The van der Waals surface area contributed by atoms with E-state index in [-0.39, 0.29) is 16.1 Å². The molecule has 1 aromatic rings. The first-order chi connectivity index (χ1) is 7.76. The molecule has 96 valence electrons. The van der Waals surface area contributed by atoms with Crippen molar-refractivity contribution in [3.63, 3.8) is 0 Å². The zero-order valence-electron chi connectivity index (χ0n) is 10.8. The molecule has 0 spiro atoms. The normalized spacial score (nSPS) is 11.8. The lowest BCUT2D eigenvalue weighted by Crippen LogP contribution is -2.40. The maximum absolute atomic E-state index is 12.1. The van der Waals surface area contributed by atoms with Crippen molar-refractivity contribution in [1.82, 2.24) is 9.55 Å². The largest absolute Gasteiger partial charge is 0.329 e. The van der Waals surface area contributed by atoms with E-state index < -0.39 is 5.69 Å². The zero-order valence-corrected chi connectivity index (χ0v) is 11.5. The Bertz CT molecular complexity index is 509. The highest BCUT2D eigenvalue weighted by Gasteiger charge is 2.17. The molecule has 0 aliphatic carbocycles. The van der Waals surface area contributed by atoms with Gasteiger partial charge in [0.1, 0.15) is 5.15 Å². The van der Waals surface area contributed by atoms with E-state index in [9.17, 15) is 9.59 Å². The molecule has 0 unspecified atom stereocenters. The van der Waals surface area contributed by atoms with Gasteiger partial charge in [0.2, 0.25) is 0 Å². The minimum Gasteiger partial charge on any atom is -0.297 e. The van der Waals surface area contributed by atoms with E-state index >= 15 is 0 Å². The average Bonchev–Trinajstić information content (AvgIpc) is 2.18. The molecule has 0 saturated heterocycles. The number of nitrogens with one attached hydrogen (secondary N) is 1. The fourth-order valence-corrected chi connectivity index (χ4v) is 1.93. The first-order valence-electron chi connectivity index (χ1n) is 5.77. The number of rotatable bonds is 3. The molecule has 0 fully saturated rings.